The lowest BCUT2D eigenvalue weighted by atomic mass is 10.1. The van der Waals surface area contributed by atoms with Crippen molar-refractivity contribution in [3.05, 3.63) is 0 Å². The summed E-state index contributed by atoms with van der Waals surface area (Å²) >= 11 is 0. The van der Waals surface area contributed by atoms with Crippen LogP contribution in [-0.2, 0) is 4.74 Å². The van der Waals surface area contributed by atoms with Crippen LogP contribution in [0.1, 0.15) is 19.8 Å². The molecule has 1 N–H and O–H groups in total. The Morgan fingerprint density at radius 3 is 3.00 bits per heavy atom. The van der Waals surface area contributed by atoms with Crippen LogP contribution < -0.4 is 5.32 Å². The van der Waals surface area contributed by atoms with E-state index in [1.165, 1.54) is 39.0 Å². The molecule has 2 aliphatic heterocycles. The Morgan fingerprint density at radius 2 is 2.22 bits per heavy atom. The first-order chi connectivity index (χ1) is 8.75. The van der Waals surface area contributed by atoms with Crippen molar-refractivity contribution in [2.24, 2.45) is 5.92 Å². The second kappa shape index (κ2) is 7.43. The monoisotopic (exact) mass is 255 g/mol. The van der Waals surface area contributed by atoms with Crippen LogP contribution in [0.3, 0.4) is 0 Å². The predicted octanol–water partition coefficient (Wildman–Crippen LogP) is 0.639. The number of hydrogen-bond donors (Lipinski definition) is 1. The largest absolute Gasteiger partial charge is 0.381 e. The van der Waals surface area contributed by atoms with Crippen molar-refractivity contribution in [2.45, 2.75) is 25.8 Å². The molecule has 0 aromatic carbocycles. The highest BCUT2D eigenvalue weighted by Gasteiger charge is 2.19. The zero-order valence-corrected chi connectivity index (χ0v) is 12.0. The molecule has 0 aromatic rings. The molecule has 4 heteroatoms. The Balaban J connectivity index is 1.59. The van der Waals surface area contributed by atoms with Crippen molar-refractivity contribution >= 4 is 0 Å². The van der Waals surface area contributed by atoms with E-state index in [-0.39, 0.29) is 0 Å². The summed E-state index contributed by atoms with van der Waals surface area (Å²) in [7, 11) is 2.23. The van der Waals surface area contributed by atoms with Crippen LogP contribution >= 0.6 is 0 Å². The van der Waals surface area contributed by atoms with Crippen molar-refractivity contribution in [2.75, 3.05) is 59.5 Å². The maximum Gasteiger partial charge on any atom is 0.0507 e. The highest BCUT2D eigenvalue weighted by molar-refractivity contribution is 4.76. The normalized spacial score (nSPS) is 31.7. The Hall–Kier alpha value is -0.160. The minimum atomic E-state index is 0.689. The van der Waals surface area contributed by atoms with E-state index in [0.29, 0.717) is 6.04 Å². The molecule has 0 aromatic heterocycles. The van der Waals surface area contributed by atoms with Gasteiger partial charge in [-0.25, -0.2) is 0 Å². The fourth-order valence-electron chi connectivity index (χ4n) is 3.03. The number of hydrogen-bond acceptors (Lipinski definition) is 4. The summed E-state index contributed by atoms with van der Waals surface area (Å²) in [6.07, 6.45) is 2.54. The average Bonchev–Trinajstić information content (AvgIpc) is 2.79. The molecule has 0 spiro atoms. The molecule has 2 atom stereocenters. The first-order valence-corrected chi connectivity index (χ1v) is 7.47. The molecular weight excluding hydrogens is 226 g/mol. The van der Waals surface area contributed by atoms with Gasteiger partial charge in [-0.1, -0.05) is 0 Å². The van der Waals surface area contributed by atoms with E-state index in [4.69, 9.17) is 4.74 Å². The quantitative estimate of drug-likeness (QED) is 0.730. The number of likely N-dealkylation sites (N-methyl/N-ethyl adjacent to an activating group) is 1. The van der Waals surface area contributed by atoms with Gasteiger partial charge in [0.1, 0.15) is 0 Å². The maximum absolute atomic E-state index is 5.39. The molecule has 2 aliphatic rings. The van der Waals surface area contributed by atoms with Gasteiger partial charge < -0.3 is 15.0 Å². The Kier molecular flexibility index (Phi) is 5.89. The standard InChI is InChI=1S/C14H29N3O/c1-13-11-16(2)6-3-7-17(13)8-5-15-10-14-4-9-18-12-14/h13-15H,3-12H2,1-2H3. The van der Waals surface area contributed by atoms with E-state index in [0.717, 1.165) is 32.2 Å². The van der Waals surface area contributed by atoms with E-state index >= 15 is 0 Å². The van der Waals surface area contributed by atoms with E-state index in [1.54, 1.807) is 0 Å². The van der Waals surface area contributed by atoms with Crippen molar-refractivity contribution in [1.29, 1.82) is 0 Å². The SMILES string of the molecule is CC1CN(C)CCCN1CCNCC1CCOC1. The smallest absolute Gasteiger partial charge is 0.0507 e. The van der Waals surface area contributed by atoms with Crippen molar-refractivity contribution in [1.82, 2.24) is 15.1 Å². The van der Waals surface area contributed by atoms with Crippen LogP contribution in [0, 0.1) is 5.92 Å². The first-order valence-electron chi connectivity index (χ1n) is 7.47. The Labute approximate surface area is 112 Å². The lowest BCUT2D eigenvalue weighted by Crippen LogP contribution is -2.42. The van der Waals surface area contributed by atoms with E-state index in [9.17, 15) is 0 Å². The minimum Gasteiger partial charge on any atom is -0.381 e. The molecule has 2 fully saturated rings. The van der Waals surface area contributed by atoms with Gasteiger partial charge in [-0.2, -0.15) is 0 Å². The third-order valence-corrected chi connectivity index (χ3v) is 4.22. The van der Waals surface area contributed by atoms with Crippen LogP contribution in [0.2, 0.25) is 0 Å². The lowest BCUT2D eigenvalue weighted by Gasteiger charge is -2.28. The zero-order chi connectivity index (χ0) is 12.8. The summed E-state index contributed by atoms with van der Waals surface area (Å²) in [5.74, 6) is 0.748. The molecule has 0 amide bonds. The summed E-state index contributed by atoms with van der Waals surface area (Å²) in [6, 6.07) is 0.689. The van der Waals surface area contributed by atoms with Crippen molar-refractivity contribution < 1.29 is 4.74 Å². The topological polar surface area (TPSA) is 27.7 Å². The molecule has 0 bridgehead atoms. The fourth-order valence-corrected chi connectivity index (χ4v) is 3.03. The summed E-state index contributed by atoms with van der Waals surface area (Å²) in [6.45, 7) is 11.4. The van der Waals surface area contributed by atoms with Gasteiger partial charge in [0, 0.05) is 38.8 Å². The van der Waals surface area contributed by atoms with Gasteiger partial charge in [-0.05, 0) is 45.8 Å². The first kappa shape index (κ1) is 14.3. The third kappa shape index (κ3) is 4.50. The molecule has 2 heterocycles. The van der Waals surface area contributed by atoms with Crippen molar-refractivity contribution in [3.63, 3.8) is 0 Å². The third-order valence-electron chi connectivity index (χ3n) is 4.22. The Morgan fingerprint density at radius 1 is 1.33 bits per heavy atom. The summed E-state index contributed by atoms with van der Waals surface area (Å²) < 4.78 is 5.39. The summed E-state index contributed by atoms with van der Waals surface area (Å²) in [5.41, 5.74) is 0. The van der Waals surface area contributed by atoms with Crippen LogP contribution in [0.5, 0.6) is 0 Å². The molecule has 18 heavy (non-hydrogen) atoms. The van der Waals surface area contributed by atoms with Gasteiger partial charge >= 0.3 is 0 Å². The number of ether oxygens (including phenoxy) is 1. The molecule has 2 rings (SSSR count). The van der Waals surface area contributed by atoms with Gasteiger partial charge in [-0.15, -0.1) is 0 Å². The van der Waals surface area contributed by atoms with Gasteiger partial charge in [0.2, 0.25) is 0 Å². The fraction of sp³-hybridized carbons (Fsp3) is 1.00. The molecule has 106 valence electrons. The van der Waals surface area contributed by atoms with Crippen LogP contribution in [-0.4, -0.2) is 75.4 Å². The van der Waals surface area contributed by atoms with Crippen LogP contribution in [0.15, 0.2) is 0 Å². The average molecular weight is 255 g/mol. The lowest BCUT2D eigenvalue weighted by molar-refractivity contribution is 0.183. The molecular formula is C14H29N3O. The van der Waals surface area contributed by atoms with Gasteiger partial charge in [0.25, 0.3) is 0 Å². The van der Waals surface area contributed by atoms with Crippen molar-refractivity contribution in [3.8, 4) is 0 Å². The minimum absolute atomic E-state index is 0.689. The Bertz CT molecular complexity index is 231. The summed E-state index contributed by atoms with van der Waals surface area (Å²) in [5, 5.41) is 3.59. The van der Waals surface area contributed by atoms with Gasteiger partial charge in [-0.3, -0.25) is 4.90 Å². The summed E-state index contributed by atoms with van der Waals surface area (Å²) in [4.78, 5) is 5.08. The van der Waals surface area contributed by atoms with E-state index in [2.05, 4.69) is 29.1 Å². The maximum atomic E-state index is 5.39. The second-order valence-electron chi connectivity index (χ2n) is 5.93. The van der Waals surface area contributed by atoms with E-state index < -0.39 is 0 Å². The molecule has 4 nitrogen and oxygen atoms in total. The highest BCUT2D eigenvalue weighted by Crippen LogP contribution is 2.11. The molecule has 0 radical (unpaired) electrons. The van der Waals surface area contributed by atoms with E-state index in [1.807, 2.05) is 0 Å². The van der Waals surface area contributed by atoms with Gasteiger partial charge in [0.05, 0.1) is 6.61 Å². The predicted molar refractivity (Wildman–Crippen MR) is 74.9 cm³/mol. The van der Waals surface area contributed by atoms with Crippen LogP contribution in [0.4, 0.5) is 0 Å². The molecule has 0 aliphatic carbocycles. The highest BCUT2D eigenvalue weighted by atomic mass is 16.5. The molecule has 2 unspecified atom stereocenters. The zero-order valence-electron chi connectivity index (χ0n) is 12.0. The number of nitrogens with one attached hydrogen (secondary N) is 1. The van der Waals surface area contributed by atoms with Gasteiger partial charge in [0.15, 0.2) is 0 Å². The van der Waals surface area contributed by atoms with Crippen LogP contribution in [0.25, 0.3) is 0 Å². The number of rotatable bonds is 5. The number of nitrogens with zero attached hydrogens (tertiary/aromatic N) is 2. The molecule has 0 saturated carbocycles. The molecule has 2 saturated heterocycles. The second-order valence-corrected chi connectivity index (χ2v) is 5.93.